The second-order valence-corrected chi connectivity index (χ2v) is 7.89. The van der Waals surface area contributed by atoms with E-state index in [1.165, 1.54) is 12.0 Å². The molecule has 1 aliphatic rings. The van der Waals surface area contributed by atoms with Crippen LogP contribution in [0.2, 0.25) is 0 Å². The number of ether oxygens (including phenoxy) is 4. The van der Waals surface area contributed by atoms with Gasteiger partial charge in [0, 0.05) is 6.54 Å². The Morgan fingerprint density at radius 1 is 1.03 bits per heavy atom. The molecule has 2 aromatic rings. The Morgan fingerprint density at radius 3 is 2.40 bits per heavy atom. The first-order chi connectivity index (χ1) is 16.9. The Morgan fingerprint density at radius 2 is 1.71 bits per heavy atom. The summed E-state index contributed by atoms with van der Waals surface area (Å²) in [5, 5.41) is 3.32. The van der Waals surface area contributed by atoms with Crippen LogP contribution in [0.5, 0.6) is 23.0 Å². The zero-order valence-electron chi connectivity index (χ0n) is 20.0. The number of carbonyl (C=O) groups is 2. The molecular weight excluding hydrogens is 470 g/mol. The average molecular weight is 500 g/mol. The molecule has 9 nitrogen and oxygen atoms in total. The van der Waals surface area contributed by atoms with Gasteiger partial charge in [0.2, 0.25) is 0 Å². The van der Waals surface area contributed by atoms with Crippen molar-refractivity contribution in [3.63, 3.8) is 0 Å². The summed E-state index contributed by atoms with van der Waals surface area (Å²) in [6.45, 7) is 5.06. The first kappa shape index (κ1) is 25.8. The summed E-state index contributed by atoms with van der Waals surface area (Å²) >= 11 is 5.40. The summed E-state index contributed by atoms with van der Waals surface area (Å²) in [7, 11) is 1.48. The fourth-order valence-corrected chi connectivity index (χ4v) is 3.76. The molecule has 0 aromatic heterocycles. The molecule has 10 heteroatoms. The molecule has 1 saturated heterocycles. The fraction of sp³-hybridized carbons (Fsp3) is 0.320. The topological polar surface area (TPSA) is 112 Å². The molecule has 1 aliphatic heterocycles. The Balaban J connectivity index is 1.70. The average Bonchev–Trinajstić information content (AvgIpc) is 3.10. The highest BCUT2D eigenvalue weighted by Crippen LogP contribution is 2.30. The zero-order valence-corrected chi connectivity index (χ0v) is 20.8. The molecule has 0 spiro atoms. The molecule has 35 heavy (non-hydrogen) atoms. The van der Waals surface area contributed by atoms with E-state index in [-0.39, 0.29) is 12.5 Å². The van der Waals surface area contributed by atoms with Crippen molar-refractivity contribution in [2.45, 2.75) is 20.3 Å². The number of nitrogens with two attached hydrogens (primary N) is 1. The zero-order chi connectivity index (χ0) is 25.4. The van der Waals surface area contributed by atoms with Gasteiger partial charge in [0.25, 0.3) is 11.8 Å². The Kier molecular flexibility index (Phi) is 8.91. The molecule has 1 heterocycles. The van der Waals surface area contributed by atoms with Crippen LogP contribution in [0.3, 0.4) is 0 Å². The molecule has 2 aromatic carbocycles. The highest BCUT2D eigenvalue weighted by Gasteiger charge is 2.30. The molecular formula is C25H29N3O6S. The van der Waals surface area contributed by atoms with E-state index in [9.17, 15) is 9.59 Å². The molecule has 1 fully saturated rings. The molecule has 3 N–H and O–H groups in total. The Labute approximate surface area is 209 Å². The third kappa shape index (κ3) is 6.63. The van der Waals surface area contributed by atoms with Gasteiger partial charge in [-0.2, -0.15) is 0 Å². The van der Waals surface area contributed by atoms with Crippen LogP contribution in [0.25, 0.3) is 6.08 Å². The number of methoxy groups -OCH3 is 1. The van der Waals surface area contributed by atoms with E-state index in [0.29, 0.717) is 65.6 Å². The first-order valence-electron chi connectivity index (χ1n) is 11.2. The van der Waals surface area contributed by atoms with Crippen molar-refractivity contribution in [3.05, 3.63) is 53.2 Å². The third-order valence-electron chi connectivity index (χ3n) is 5.06. The minimum Gasteiger partial charge on any atom is -0.493 e. The molecule has 0 saturated carbocycles. The van der Waals surface area contributed by atoms with Gasteiger partial charge in [-0.3, -0.25) is 14.5 Å². The number of primary amides is 1. The van der Waals surface area contributed by atoms with Crippen molar-refractivity contribution in [1.82, 2.24) is 10.2 Å². The molecule has 2 amide bonds. The number of thiocarbonyl (C=S) groups is 1. The maximum atomic E-state index is 13.0. The van der Waals surface area contributed by atoms with Gasteiger partial charge in [0.1, 0.15) is 5.70 Å². The number of amides is 2. The highest BCUT2D eigenvalue weighted by atomic mass is 32.1. The maximum Gasteiger partial charge on any atom is 0.276 e. The number of benzene rings is 2. The summed E-state index contributed by atoms with van der Waals surface area (Å²) in [6.07, 6.45) is 2.27. The predicted octanol–water partition coefficient (Wildman–Crippen LogP) is 2.66. The van der Waals surface area contributed by atoms with Crippen molar-refractivity contribution >= 4 is 35.2 Å². The van der Waals surface area contributed by atoms with Crippen LogP contribution in [0.1, 0.15) is 25.0 Å². The van der Waals surface area contributed by atoms with Gasteiger partial charge < -0.3 is 30.0 Å². The number of carbonyl (C=O) groups excluding carboxylic acids is 2. The van der Waals surface area contributed by atoms with Crippen LogP contribution in [0.4, 0.5) is 0 Å². The fourth-order valence-electron chi connectivity index (χ4n) is 3.48. The van der Waals surface area contributed by atoms with Crippen molar-refractivity contribution in [2.75, 3.05) is 33.5 Å². The predicted molar refractivity (Wildman–Crippen MR) is 136 cm³/mol. The Bertz CT molecular complexity index is 1130. The number of nitrogens with zero attached hydrogens (tertiary/aromatic N) is 1. The summed E-state index contributed by atoms with van der Waals surface area (Å²) in [4.78, 5) is 25.5. The lowest BCUT2D eigenvalue weighted by molar-refractivity contribution is -0.122. The largest absolute Gasteiger partial charge is 0.493 e. The standard InChI is InChI=1S/C25H29N3O6S/c1-4-32-20-8-6-16(13-22(20)33-5-2)10-11-28-24(30)18(27-25(28)35)12-17-7-9-19(21(14-17)31-3)34-15-23(26)29/h6-9,12-14H,4-5,10-11,15H2,1-3H3,(H2,26,29)(H,27,35)/b18-12+. The second kappa shape index (κ2) is 12.1. The van der Waals surface area contributed by atoms with Gasteiger partial charge in [0.05, 0.1) is 20.3 Å². The lowest BCUT2D eigenvalue weighted by Gasteiger charge is -2.16. The maximum absolute atomic E-state index is 13.0. The molecule has 0 bridgehead atoms. The molecule has 0 atom stereocenters. The lowest BCUT2D eigenvalue weighted by atomic mass is 10.1. The quantitative estimate of drug-likeness (QED) is 0.339. The number of rotatable bonds is 12. The van der Waals surface area contributed by atoms with E-state index in [1.807, 2.05) is 32.0 Å². The molecule has 0 unspecified atom stereocenters. The van der Waals surface area contributed by atoms with Crippen LogP contribution in [0, 0.1) is 0 Å². The minimum absolute atomic E-state index is 0.223. The summed E-state index contributed by atoms with van der Waals surface area (Å²) < 4.78 is 22.0. The van der Waals surface area contributed by atoms with Gasteiger partial charge >= 0.3 is 0 Å². The van der Waals surface area contributed by atoms with Crippen molar-refractivity contribution in [2.24, 2.45) is 5.73 Å². The minimum atomic E-state index is -0.591. The number of hydrogen-bond donors (Lipinski definition) is 2. The van der Waals surface area contributed by atoms with Gasteiger partial charge in [0.15, 0.2) is 34.7 Å². The van der Waals surface area contributed by atoms with E-state index in [4.69, 9.17) is 36.9 Å². The Hall–Kier alpha value is -3.79. The van der Waals surface area contributed by atoms with Crippen molar-refractivity contribution in [3.8, 4) is 23.0 Å². The van der Waals surface area contributed by atoms with Crippen LogP contribution in [0.15, 0.2) is 42.1 Å². The van der Waals surface area contributed by atoms with Gasteiger partial charge in [-0.1, -0.05) is 12.1 Å². The van der Waals surface area contributed by atoms with Crippen LogP contribution >= 0.6 is 12.2 Å². The van der Waals surface area contributed by atoms with Crippen molar-refractivity contribution < 1.29 is 28.5 Å². The lowest BCUT2D eigenvalue weighted by Crippen LogP contribution is -2.32. The van der Waals surface area contributed by atoms with E-state index in [2.05, 4.69) is 5.32 Å². The SMILES string of the molecule is CCOc1ccc(CCN2C(=O)/C(=C\c3ccc(OCC(N)=O)c(OC)c3)NC2=S)cc1OCC. The van der Waals surface area contributed by atoms with Gasteiger partial charge in [-0.05, 0) is 74.0 Å². The van der Waals surface area contributed by atoms with Gasteiger partial charge in [-0.25, -0.2) is 0 Å². The second-order valence-electron chi connectivity index (χ2n) is 7.51. The van der Waals surface area contributed by atoms with E-state index in [1.54, 1.807) is 24.3 Å². The monoisotopic (exact) mass is 499 g/mol. The number of nitrogens with one attached hydrogen (secondary N) is 1. The van der Waals surface area contributed by atoms with Crippen LogP contribution < -0.4 is 30.0 Å². The first-order valence-corrected chi connectivity index (χ1v) is 11.6. The van der Waals surface area contributed by atoms with Crippen molar-refractivity contribution in [1.29, 1.82) is 0 Å². The normalized spacial score (nSPS) is 14.1. The summed E-state index contributed by atoms with van der Waals surface area (Å²) in [5.74, 6) is 1.34. The highest BCUT2D eigenvalue weighted by molar-refractivity contribution is 7.80. The molecule has 0 radical (unpaired) electrons. The molecule has 0 aliphatic carbocycles. The van der Waals surface area contributed by atoms with Crippen LogP contribution in [-0.2, 0) is 16.0 Å². The smallest absolute Gasteiger partial charge is 0.276 e. The van der Waals surface area contributed by atoms with E-state index < -0.39 is 5.91 Å². The van der Waals surface area contributed by atoms with Gasteiger partial charge in [-0.15, -0.1) is 0 Å². The van der Waals surface area contributed by atoms with Crippen LogP contribution in [-0.4, -0.2) is 55.3 Å². The molecule has 186 valence electrons. The summed E-state index contributed by atoms with van der Waals surface area (Å²) in [5.41, 5.74) is 7.17. The summed E-state index contributed by atoms with van der Waals surface area (Å²) in [6, 6.07) is 10.8. The third-order valence-corrected chi connectivity index (χ3v) is 5.39. The van der Waals surface area contributed by atoms with E-state index in [0.717, 1.165) is 5.56 Å². The molecule has 3 rings (SSSR count). The van der Waals surface area contributed by atoms with E-state index >= 15 is 0 Å². The number of hydrogen-bond acceptors (Lipinski definition) is 7.